The lowest BCUT2D eigenvalue weighted by Crippen LogP contribution is -2.19. The van der Waals surface area contributed by atoms with Crippen molar-refractivity contribution in [3.05, 3.63) is 114 Å². The van der Waals surface area contributed by atoms with Gasteiger partial charge in [0, 0.05) is 36.0 Å². The second kappa shape index (κ2) is 13.4. The fourth-order valence-electron chi connectivity index (χ4n) is 4.49. The molecule has 0 aliphatic heterocycles. The number of methoxy groups -OCH3 is 1. The number of hydrogen-bond acceptors (Lipinski definition) is 5. The highest BCUT2D eigenvalue weighted by Gasteiger charge is 2.31. The van der Waals surface area contributed by atoms with Crippen molar-refractivity contribution in [2.24, 2.45) is 5.10 Å². The molecule has 0 bridgehead atoms. The number of amides is 1. The van der Waals surface area contributed by atoms with Gasteiger partial charge < -0.3 is 14.5 Å². The van der Waals surface area contributed by atoms with Gasteiger partial charge in [0.15, 0.2) is 5.75 Å². The first kappa shape index (κ1) is 32.7. The molecule has 1 heterocycles. The zero-order chi connectivity index (χ0) is 32.5. The van der Waals surface area contributed by atoms with Crippen LogP contribution in [0.5, 0.6) is 11.5 Å². The fourth-order valence-corrected chi connectivity index (χ4v) is 6.59. The molecule has 230 valence electrons. The highest BCUT2D eigenvalue weighted by molar-refractivity contribution is 9.11. The summed E-state index contributed by atoms with van der Waals surface area (Å²) in [7, 11) is 1.51. The largest absolute Gasteiger partial charge is 0.495 e. The van der Waals surface area contributed by atoms with Gasteiger partial charge in [-0.05, 0) is 64.5 Å². The number of halogens is 7. The van der Waals surface area contributed by atoms with Crippen molar-refractivity contribution >= 4 is 88.4 Å². The Bertz CT molecular complexity index is 2000. The van der Waals surface area contributed by atoms with Crippen LogP contribution in [-0.2, 0) is 6.18 Å². The van der Waals surface area contributed by atoms with Crippen LogP contribution >= 0.6 is 59.4 Å². The highest BCUT2D eigenvalue weighted by atomic mass is 79.9. The lowest BCUT2D eigenvalue weighted by molar-refractivity contribution is -0.137. The predicted molar refractivity (Wildman–Crippen MR) is 176 cm³/mol. The van der Waals surface area contributed by atoms with Gasteiger partial charge in [-0.1, -0.05) is 67.7 Å². The number of esters is 1. The van der Waals surface area contributed by atoms with Crippen LogP contribution in [0.25, 0.3) is 22.0 Å². The predicted octanol–water partition coefficient (Wildman–Crippen LogP) is 9.79. The monoisotopic (exact) mass is 825 g/mol. The van der Waals surface area contributed by atoms with E-state index in [1.54, 1.807) is 48.5 Å². The summed E-state index contributed by atoms with van der Waals surface area (Å²) >= 11 is 16.8. The molecule has 0 saturated heterocycles. The van der Waals surface area contributed by atoms with Gasteiger partial charge in [-0.3, -0.25) is 4.79 Å². The molecule has 0 aliphatic rings. The lowest BCUT2D eigenvalue weighted by Gasteiger charge is -2.12. The van der Waals surface area contributed by atoms with Crippen molar-refractivity contribution in [3.8, 4) is 22.6 Å². The number of aromatic nitrogens is 1. The number of ether oxygens (including phenoxy) is 2. The van der Waals surface area contributed by atoms with E-state index in [1.807, 2.05) is 0 Å². The Morgan fingerprint density at radius 2 is 1.73 bits per heavy atom. The summed E-state index contributed by atoms with van der Waals surface area (Å²) in [6.45, 7) is 0. The van der Waals surface area contributed by atoms with Crippen LogP contribution in [0.15, 0.2) is 91.3 Å². The van der Waals surface area contributed by atoms with Crippen LogP contribution in [0.4, 0.5) is 13.2 Å². The van der Waals surface area contributed by atoms with Crippen LogP contribution in [-0.4, -0.2) is 30.2 Å². The minimum absolute atomic E-state index is 0.0327. The minimum atomic E-state index is -4.64. The molecule has 2 N–H and O–H groups in total. The Balaban J connectivity index is 1.48. The number of fused-ring (bicyclic) bond motifs is 1. The number of carbonyl (C=O) groups is 2. The average Bonchev–Trinajstić information content (AvgIpc) is 3.40. The molecule has 4 aromatic carbocycles. The van der Waals surface area contributed by atoms with E-state index in [0.29, 0.717) is 52.3 Å². The van der Waals surface area contributed by atoms with Gasteiger partial charge in [0.2, 0.25) is 0 Å². The first-order valence-electron chi connectivity index (χ1n) is 12.7. The third-order valence-corrected chi connectivity index (χ3v) is 8.52. The molecule has 0 fully saturated rings. The second-order valence-electron chi connectivity index (χ2n) is 9.33. The van der Waals surface area contributed by atoms with Gasteiger partial charge in [0.1, 0.15) is 11.4 Å². The molecule has 0 atom stereocenters. The summed E-state index contributed by atoms with van der Waals surface area (Å²) in [5.74, 6) is -1.18. The molecule has 5 rings (SSSR count). The van der Waals surface area contributed by atoms with E-state index in [0.717, 1.165) is 12.1 Å². The maximum atomic E-state index is 13.6. The van der Waals surface area contributed by atoms with E-state index in [-0.39, 0.29) is 22.6 Å². The van der Waals surface area contributed by atoms with Gasteiger partial charge in [-0.25, -0.2) is 10.2 Å². The van der Waals surface area contributed by atoms with Crippen molar-refractivity contribution < 1.29 is 32.2 Å². The van der Waals surface area contributed by atoms with E-state index in [1.165, 1.54) is 19.4 Å². The fraction of sp³-hybridized carbons (Fsp3) is 0.0645. The Kier molecular flexibility index (Phi) is 9.73. The Hall–Kier alpha value is -3.65. The smallest absolute Gasteiger partial charge is 0.416 e. The molecule has 14 heteroatoms. The SMILES string of the molecule is COc1ccc(Br)c2c(-c3ccccc3Cl)c(C(=O)NN=Cc3cc(Br)cc(Br)c3OC(=O)c3cccc(C(F)(F)F)c3)[nH]c12. The van der Waals surface area contributed by atoms with Crippen LogP contribution in [0.3, 0.4) is 0 Å². The van der Waals surface area contributed by atoms with Gasteiger partial charge in [-0.2, -0.15) is 18.3 Å². The minimum Gasteiger partial charge on any atom is -0.495 e. The summed E-state index contributed by atoms with van der Waals surface area (Å²) in [5.41, 5.74) is 3.20. The quantitative estimate of drug-likeness (QED) is 0.0740. The van der Waals surface area contributed by atoms with E-state index < -0.39 is 23.6 Å². The lowest BCUT2D eigenvalue weighted by atomic mass is 10.0. The summed E-state index contributed by atoms with van der Waals surface area (Å²) < 4.78 is 52.1. The van der Waals surface area contributed by atoms with Crippen molar-refractivity contribution in [1.29, 1.82) is 0 Å². The van der Waals surface area contributed by atoms with Crippen molar-refractivity contribution in [2.45, 2.75) is 6.18 Å². The number of carbonyl (C=O) groups excluding carboxylic acids is 2. The molecule has 0 saturated carbocycles. The number of nitrogens with one attached hydrogen (secondary N) is 2. The van der Waals surface area contributed by atoms with Crippen molar-refractivity contribution in [2.75, 3.05) is 7.11 Å². The highest BCUT2D eigenvalue weighted by Crippen LogP contribution is 2.43. The van der Waals surface area contributed by atoms with Gasteiger partial charge in [0.25, 0.3) is 5.91 Å². The number of rotatable bonds is 7. The molecule has 0 aliphatic carbocycles. The third-order valence-electron chi connectivity index (χ3n) is 6.48. The number of nitrogens with zero attached hydrogens (tertiary/aromatic N) is 1. The third kappa shape index (κ3) is 6.96. The molecular formula is C31H18Br3ClF3N3O4. The molecule has 0 radical (unpaired) electrons. The van der Waals surface area contributed by atoms with Crippen LogP contribution in [0.1, 0.15) is 32.0 Å². The number of aromatic amines is 1. The number of hydrazone groups is 1. The standard InChI is InChI=1S/C31H18Br3ClF3N3O4/c1-44-23-10-9-20(33)25-24(19-7-2-3-8-22(19)35)27(40-26(23)25)29(42)41-39-14-16-12-18(32)13-21(34)28(16)45-30(43)15-5-4-6-17(11-15)31(36,37)38/h2-14,40H,1H3,(H,41,42). The second-order valence-corrected chi connectivity index (χ2v) is 12.4. The Morgan fingerprint density at radius 3 is 2.44 bits per heavy atom. The summed E-state index contributed by atoms with van der Waals surface area (Å²) in [6, 6.07) is 17.6. The first-order valence-corrected chi connectivity index (χ1v) is 15.5. The maximum absolute atomic E-state index is 13.6. The molecule has 1 aromatic heterocycles. The topological polar surface area (TPSA) is 92.8 Å². The first-order chi connectivity index (χ1) is 21.4. The average molecular weight is 829 g/mol. The van der Waals surface area contributed by atoms with Crippen LogP contribution < -0.4 is 14.9 Å². The van der Waals surface area contributed by atoms with E-state index in [4.69, 9.17) is 21.1 Å². The molecule has 7 nitrogen and oxygen atoms in total. The molecule has 5 aromatic rings. The van der Waals surface area contributed by atoms with Crippen LogP contribution in [0, 0.1) is 0 Å². The number of hydrogen-bond donors (Lipinski definition) is 2. The van der Waals surface area contributed by atoms with Gasteiger partial charge in [-0.15, -0.1) is 0 Å². The Labute approximate surface area is 284 Å². The summed E-state index contributed by atoms with van der Waals surface area (Å²) in [5, 5.41) is 5.15. The van der Waals surface area contributed by atoms with Crippen molar-refractivity contribution in [3.63, 3.8) is 0 Å². The zero-order valence-electron chi connectivity index (χ0n) is 22.7. The number of alkyl halides is 3. The number of H-pyrrole nitrogens is 1. The normalized spacial score (nSPS) is 11.6. The summed E-state index contributed by atoms with van der Waals surface area (Å²) in [4.78, 5) is 29.5. The van der Waals surface area contributed by atoms with E-state index >= 15 is 0 Å². The van der Waals surface area contributed by atoms with Crippen LogP contribution in [0.2, 0.25) is 5.02 Å². The number of benzene rings is 4. The van der Waals surface area contributed by atoms with E-state index in [2.05, 4.69) is 63.3 Å². The molecular weight excluding hydrogens is 811 g/mol. The van der Waals surface area contributed by atoms with Crippen molar-refractivity contribution in [1.82, 2.24) is 10.4 Å². The molecule has 45 heavy (non-hydrogen) atoms. The molecule has 1 amide bonds. The van der Waals surface area contributed by atoms with E-state index in [9.17, 15) is 22.8 Å². The van der Waals surface area contributed by atoms with Gasteiger partial charge in [0.05, 0.1) is 34.4 Å². The van der Waals surface area contributed by atoms with Gasteiger partial charge >= 0.3 is 12.1 Å². The zero-order valence-corrected chi connectivity index (χ0v) is 28.2. The maximum Gasteiger partial charge on any atom is 0.416 e. The molecule has 0 unspecified atom stereocenters. The summed E-state index contributed by atoms with van der Waals surface area (Å²) in [6.07, 6.45) is -3.40. The Morgan fingerprint density at radius 1 is 0.978 bits per heavy atom. The molecule has 0 spiro atoms.